The maximum absolute atomic E-state index is 12.1. The third-order valence-electron chi connectivity index (χ3n) is 3.32. The first-order valence-electron chi connectivity index (χ1n) is 5.96. The Bertz CT molecular complexity index is 682. The molecule has 0 radical (unpaired) electrons. The molecule has 1 aliphatic heterocycles. The number of nitrogens with zero attached hydrogens (tertiary/aromatic N) is 3. The Hall–Kier alpha value is -1.80. The standard InChI is InChI=1S/C11H11ClN4O3S/c12-8-7(16-3-4-20-10(16)14-8)9(17)13-5-6-1-2-15(6)11(18)19/h3-4,6H,1-2,5H2,(H,13,17)(H,18,19)/t6-/m0/s1. The zero-order chi connectivity index (χ0) is 14.3. The first-order valence-corrected chi connectivity index (χ1v) is 7.22. The zero-order valence-corrected chi connectivity index (χ0v) is 11.8. The molecule has 0 bridgehead atoms. The van der Waals surface area contributed by atoms with Crippen LogP contribution >= 0.6 is 22.9 Å². The van der Waals surface area contributed by atoms with Gasteiger partial charge < -0.3 is 15.3 Å². The highest BCUT2D eigenvalue weighted by atomic mass is 35.5. The molecule has 7 nitrogen and oxygen atoms in total. The predicted molar refractivity (Wildman–Crippen MR) is 73.5 cm³/mol. The molecular weight excluding hydrogens is 304 g/mol. The van der Waals surface area contributed by atoms with Gasteiger partial charge in [0.2, 0.25) is 0 Å². The molecule has 0 spiro atoms. The second kappa shape index (κ2) is 4.95. The van der Waals surface area contributed by atoms with Gasteiger partial charge in [-0.2, -0.15) is 0 Å². The van der Waals surface area contributed by atoms with Crippen molar-refractivity contribution in [2.45, 2.75) is 12.5 Å². The molecule has 2 N–H and O–H groups in total. The number of carboxylic acid groups (broad SMARTS) is 1. The Morgan fingerprint density at radius 2 is 2.40 bits per heavy atom. The predicted octanol–water partition coefficient (Wildman–Crippen LogP) is 1.53. The number of halogens is 1. The summed E-state index contributed by atoms with van der Waals surface area (Å²) in [7, 11) is 0. The van der Waals surface area contributed by atoms with Crippen molar-refractivity contribution in [1.29, 1.82) is 0 Å². The minimum absolute atomic E-state index is 0.151. The fraction of sp³-hybridized carbons (Fsp3) is 0.364. The molecule has 1 aliphatic rings. The third kappa shape index (κ3) is 2.10. The number of likely N-dealkylation sites (tertiary alicyclic amines) is 1. The highest BCUT2D eigenvalue weighted by Gasteiger charge is 2.32. The number of hydrogen-bond donors (Lipinski definition) is 2. The van der Waals surface area contributed by atoms with Crippen LogP contribution in [0, 0.1) is 0 Å². The molecule has 106 valence electrons. The van der Waals surface area contributed by atoms with Crippen molar-refractivity contribution in [3.05, 3.63) is 22.4 Å². The number of hydrogen-bond acceptors (Lipinski definition) is 4. The summed E-state index contributed by atoms with van der Waals surface area (Å²) < 4.78 is 1.62. The molecule has 2 aromatic heterocycles. The number of nitrogens with one attached hydrogen (secondary N) is 1. The third-order valence-corrected chi connectivity index (χ3v) is 4.34. The zero-order valence-electron chi connectivity index (χ0n) is 10.2. The van der Waals surface area contributed by atoms with Crippen LogP contribution in [0.1, 0.15) is 16.9 Å². The van der Waals surface area contributed by atoms with E-state index in [9.17, 15) is 9.59 Å². The van der Waals surface area contributed by atoms with Crippen LogP contribution in [-0.4, -0.2) is 50.5 Å². The van der Waals surface area contributed by atoms with Crippen molar-refractivity contribution in [1.82, 2.24) is 19.6 Å². The highest BCUT2D eigenvalue weighted by Crippen LogP contribution is 2.21. The lowest BCUT2D eigenvalue weighted by molar-refractivity contribution is 0.0702. The van der Waals surface area contributed by atoms with E-state index in [1.54, 1.807) is 10.6 Å². The Balaban J connectivity index is 1.69. The van der Waals surface area contributed by atoms with Crippen LogP contribution in [0.25, 0.3) is 4.96 Å². The van der Waals surface area contributed by atoms with Crippen LogP contribution in [0.15, 0.2) is 11.6 Å². The normalized spacial score (nSPS) is 18.1. The second-order valence-corrected chi connectivity index (χ2v) is 5.67. The molecule has 9 heteroatoms. The van der Waals surface area contributed by atoms with Gasteiger partial charge in [-0.1, -0.05) is 11.6 Å². The van der Waals surface area contributed by atoms with Crippen LogP contribution in [0.3, 0.4) is 0 Å². The highest BCUT2D eigenvalue weighted by molar-refractivity contribution is 7.15. The molecule has 1 fully saturated rings. The van der Waals surface area contributed by atoms with Crippen LogP contribution < -0.4 is 5.32 Å². The second-order valence-electron chi connectivity index (χ2n) is 4.44. The van der Waals surface area contributed by atoms with Crippen LogP contribution in [-0.2, 0) is 0 Å². The van der Waals surface area contributed by atoms with Gasteiger partial charge in [-0.25, -0.2) is 9.78 Å². The summed E-state index contributed by atoms with van der Waals surface area (Å²) in [5.41, 5.74) is 0.282. The minimum atomic E-state index is -0.960. The SMILES string of the molecule is O=C(NC[C@@H]1CCN1C(=O)O)c1c(Cl)nc2sccn12. The lowest BCUT2D eigenvalue weighted by Gasteiger charge is -2.38. The summed E-state index contributed by atoms with van der Waals surface area (Å²) in [6, 6.07) is -0.166. The van der Waals surface area contributed by atoms with Crippen molar-refractivity contribution >= 4 is 39.9 Å². The Morgan fingerprint density at radius 1 is 1.60 bits per heavy atom. The molecule has 20 heavy (non-hydrogen) atoms. The van der Waals surface area contributed by atoms with Crippen molar-refractivity contribution in [2.75, 3.05) is 13.1 Å². The quantitative estimate of drug-likeness (QED) is 0.899. The average molecular weight is 315 g/mol. The van der Waals surface area contributed by atoms with Crippen molar-refractivity contribution in [3.8, 4) is 0 Å². The van der Waals surface area contributed by atoms with E-state index in [1.165, 1.54) is 16.2 Å². The van der Waals surface area contributed by atoms with Gasteiger partial charge in [-0.05, 0) is 6.42 Å². The van der Waals surface area contributed by atoms with E-state index in [2.05, 4.69) is 10.3 Å². The smallest absolute Gasteiger partial charge is 0.407 e. The first kappa shape index (κ1) is 13.2. The number of fused-ring (bicyclic) bond motifs is 1. The van der Waals surface area contributed by atoms with Gasteiger partial charge in [0, 0.05) is 24.7 Å². The van der Waals surface area contributed by atoms with Gasteiger partial charge in [-0.3, -0.25) is 9.20 Å². The molecule has 2 aromatic rings. The van der Waals surface area contributed by atoms with E-state index in [0.29, 0.717) is 11.5 Å². The van der Waals surface area contributed by atoms with Gasteiger partial charge >= 0.3 is 6.09 Å². The van der Waals surface area contributed by atoms with Gasteiger partial charge in [0.15, 0.2) is 15.8 Å². The maximum Gasteiger partial charge on any atom is 0.407 e. The summed E-state index contributed by atoms with van der Waals surface area (Å²) in [4.78, 5) is 29.0. The fourth-order valence-corrected chi connectivity index (χ4v) is 3.18. The number of carbonyl (C=O) groups is 2. The Morgan fingerprint density at radius 3 is 3.05 bits per heavy atom. The topological polar surface area (TPSA) is 86.9 Å². The summed E-state index contributed by atoms with van der Waals surface area (Å²) in [6.45, 7) is 0.789. The molecule has 0 aromatic carbocycles. The van der Waals surface area contributed by atoms with E-state index in [1.807, 2.05) is 5.38 Å². The molecule has 1 atom stereocenters. The van der Waals surface area contributed by atoms with Crippen molar-refractivity contribution in [3.63, 3.8) is 0 Å². The van der Waals surface area contributed by atoms with Crippen LogP contribution in [0.2, 0.25) is 5.15 Å². The van der Waals surface area contributed by atoms with Gasteiger partial charge in [0.05, 0.1) is 6.04 Å². The molecule has 0 unspecified atom stereocenters. The number of thiazole rings is 1. The fourth-order valence-electron chi connectivity index (χ4n) is 2.16. The Kier molecular flexibility index (Phi) is 3.27. The van der Waals surface area contributed by atoms with Crippen LogP contribution in [0.5, 0.6) is 0 Å². The molecular formula is C11H11ClN4O3S. The summed E-state index contributed by atoms with van der Waals surface area (Å²) >= 11 is 7.34. The molecule has 3 rings (SSSR count). The number of amides is 2. The van der Waals surface area contributed by atoms with E-state index in [-0.39, 0.29) is 29.3 Å². The summed E-state index contributed by atoms with van der Waals surface area (Å²) in [5.74, 6) is -0.349. The van der Waals surface area contributed by atoms with E-state index < -0.39 is 6.09 Å². The van der Waals surface area contributed by atoms with E-state index in [4.69, 9.17) is 16.7 Å². The lowest BCUT2D eigenvalue weighted by Crippen LogP contribution is -2.55. The number of carbonyl (C=O) groups excluding carboxylic acids is 1. The van der Waals surface area contributed by atoms with Gasteiger partial charge in [-0.15, -0.1) is 11.3 Å². The summed E-state index contributed by atoms with van der Waals surface area (Å²) in [6.07, 6.45) is 1.51. The minimum Gasteiger partial charge on any atom is -0.465 e. The van der Waals surface area contributed by atoms with Gasteiger partial charge in [0.1, 0.15) is 0 Å². The van der Waals surface area contributed by atoms with E-state index >= 15 is 0 Å². The number of imidazole rings is 1. The maximum atomic E-state index is 12.1. The largest absolute Gasteiger partial charge is 0.465 e. The Labute approximate surface area is 122 Å². The van der Waals surface area contributed by atoms with Gasteiger partial charge in [0.25, 0.3) is 5.91 Å². The molecule has 1 saturated heterocycles. The lowest BCUT2D eigenvalue weighted by atomic mass is 10.0. The average Bonchev–Trinajstić information content (AvgIpc) is 2.85. The van der Waals surface area contributed by atoms with E-state index in [0.717, 1.165) is 6.42 Å². The van der Waals surface area contributed by atoms with Crippen molar-refractivity contribution < 1.29 is 14.7 Å². The number of rotatable bonds is 3. The summed E-state index contributed by atoms with van der Waals surface area (Å²) in [5, 5.41) is 13.6. The monoisotopic (exact) mass is 314 g/mol. The molecule has 3 heterocycles. The molecule has 0 saturated carbocycles. The molecule has 2 amide bonds. The number of aromatic nitrogens is 2. The first-order chi connectivity index (χ1) is 9.58. The van der Waals surface area contributed by atoms with Crippen LogP contribution in [0.4, 0.5) is 4.79 Å². The van der Waals surface area contributed by atoms with Crippen molar-refractivity contribution in [2.24, 2.45) is 0 Å². The molecule has 0 aliphatic carbocycles.